The number of amides is 1. The molecule has 2 heterocycles. The Morgan fingerprint density at radius 2 is 1.95 bits per heavy atom. The van der Waals surface area contributed by atoms with Crippen molar-refractivity contribution in [2.75, 3.05) is 26.9 Å². The zero-order valence-corrected chi connectivity index (χ0v) is 21.7. The van der Waals surface area contributed by atoms with Gasteiger partial charge in [-0.2, -0.15) is 23.1 Å². The average molecular weight is 527 g/mol. The minimum absolute atomic E-state index is 0.0285. The molecule has 1 aromatic carbocycles. The molecule has 1 atom stereocenters. The molecule has 0 saturated carbocycles. The SMILES string of the molecule is COCCCCOc1ccc(-c2noc([C@@H]3CCCN3C(C)=NC(=O)OC(C)(C)C)n2)cc1C(F)(F)F. The molecule has 0 bridgehead atoms. The van der Waals surface area contributed by atoms with Crippen LogP contribution < -0.4 is 4.74 Å². The number of alkyl halides is 3. The fraction of sp³-hybridized carbons (Fsp3) is 0.600. The van der Waals surface area contributed by atoms with E-state index < -0.39 is 23.4 Å². The number of aliphatic imine (C=N–C) groups is 1. The summed E-state index contributed by atoms with van der Waals surface area (Å²) < 4.78 is 62.3. The van der Waals surface area contributed by atoms with Crippen molar-refractivity contribution in [3.63, 3.8) is 0 Å². The van der Waals surface area contributed by atoms with E-state index in [4.69, 9.17) is 18.7 Å². The van der Waals surface area contributed by atoms with Gasteiger partial charge >= 0.3 is 12.3 Å². The summed E-state index contributed by atoms with van der Waals surface area (Å²) in [7, 11) is 1.56. The van der Waals surface area contributed by atoms with Gasteiger partial charge < -0.3 is 23.6 Å². The number of methoxy groups -OCH3 is 1. The standard InChI is InChI=1S/C25H33F3N4O5/c1-16(29-23(33)36-24(2,3)4)32-12-8-9-19(32)22-30-21(31-37-22)17-10-11-20(18(15-17)25(26,27)28)35-14-7-6-13-34-5/h10-11,15,19H,6-9,12-14H2,1-5H3/t19-/m0/s1. The highest BCUT2D eigenvalue weighted by Crippen LogP contribution is 2.39. The van der Waals surface area contributed by atoms with E-state index in [9.17, 15) is 18.0 Å². The molecule has 1 fully saturated rings. The summed E-state index contributed by atoms with van der Waals surface area (Å²) in [5, 5.41) is 3.92. The van der Waals surface area contributed by atoms with E-state index in [2.05, 4.69) is 15.1 Å². The second-order valence-electron chi connectivity index (χ2n) is 9.70. The Bertz CT molecular complexity index is 1090. The molecule has 2 aromatic rings. The lowest BCUT2D eigenvalue weighted by atomic mass is 10.1. The van der Waals surface area contributed by atoms with Crippen molar-refractivity contribution in [1.82, 2.24) is 15.0 Å². The first-order valence-corrected chi connectivity index (χ1v) is 12.1. The van der Waals surface area contributed by atoms with Gasteiger partial charge in [-0.05, 0) is 71.6 Å². The summed E-state index contributed by atoms with van der Waals surface area (Å²) in [5.41, 5.74) is -1.43. The van der Waals surface area contributed by atoms with E-state index in [0.717, 1.165) is 12.5 Å². The summed E-state index contributed by atoms with van der Waals surface area (Å²) >= 11 is 0. The third-order valence-electron chi connectivity index (χ3n) is 5.59. The molecule has 1 saturated heterocycles. The monoisotopic (exact) mass is 526 g/mol. The molecule has 1 aromatic heterocycles. The molecule has 0 unspecified atom stereocenters. The van der Waals surface area contributed by atoms with Gasteiger partial charge in [0.15, 0.2) is 0 Å². The Morgan fingerprint density at radius 1 is 1.22 bits per heavy atom. The molecule has 9 nitrogen and oxygen atoms in total. The minimum Gasteiger partial charge on any atom is -0.493 e. The van der Waals surface area contributed by atoms with Gasteiger partial charge in [0.25, 0.3) is 0 Å². The number of aromatic nitrogens is 2. The van der Waals surface area contributed by atoms with Crippen LogP contribution in [-0.2, 0) is 15.7 Å². The van der Waals surface area contributed by atoms with Crippen LogP contribution in [0.1, 0.15) is 70.9 Å². The number of hydrogen-bond acceptors (Lipinski definition) is 7. The van der Waals surface area contributed by atoms with Gasteiger partial charge in [0, 0.05) is 25.8 Å². The van der Waals surface area contributed by atoms with Crippen molar-refractivity contribution in [2.45, 2.75) is 71.2 Å². The fourth-order valence-electron chi connectivity index (χ4n) is 3.93. The van der Waals surface area contributed by atoms with Crippen LogP contribution in [0.5, 0.6) is 5.75 Å². The van der Waals surface area contributed by atoms with Crippen LogP contribution in [0.3, 0.4) is 0 Å². The van der Waals surface area contributed by atoms with Gasteiger partial charge in [-0.3, -0.25) is 0 Å². The number of nitrogens with zero attached hydrogens (tertiary/aromatic N) is 4. The maximum absolute atomic E-state index is 13.8. The number of ether oxygens (including phenoxy) is 3. The van der Waals surface area contributed by atoms with Crippen molar-refractivity contribution in [2.24, 2.45) is 4.99 Å². The Kier molecular flexibility index (Phi) is 9.16. The number of rotatable bonds is 8. The van der Waals surface area contributed by atoms with E-state index in [-0.39, 0.29) is 35.7 Å². The molecule has 204 valence electrons. The predicted octanol–water partition coefficient (Wildman–Crippen LogP) is 6.05. The summed E-state index contributed by atoms with van der Waals surface area (Å²) in [6.45, 7) is 8.19. The molecule has 0 radical (unpaired) electrons. The Morgan fingerprint density at radius 3 is 2.62 bits per heavy atom. The van der Waals surface area contributed by atoms with Crippen molar-refractivity contribution in [1.29, 1.82) is 0 Å². The molecule has 1 aliphatic heterocycles. The molecular formula is C25H33F3N4O5. The lowest BCUT2D eigenvalue weighted by Crippen LogP contribution is -2.30. The van der Waals surface area contributed by atoms with Gasteiger partial charge in [0.1, 0.15) is 23.2 Å². The van der Waals surface area contributed by atoms with Crippen molar-refractivity contribution in [3.05, 3.63) is 29.7 Å². The average Bonchev–Trinajstić information content (AvgIpc) is 3.46. The van der Waals surface area contributed by atoms with Crippen LogP contribution in [0, 0.1) is 0 Å². The third kappa shape index (κ3) is 7.91. The van der Waals surface area contributed by atoms with Crippen LogP contribution in [-0.4, -0.2) is 59.4 Å². The van der Waals surface area contributed by atoms with Gasteiger partial charge in [0.2, 0.25) is 11.7 Å². The smallest absolute Gasteiger partial charge is 0.435 e. The topological polar surface area (TPSA) is 99.3 Å². The van der Waals surface area contributed by atoms with Crippen LogP contribution in [0.25, 0.3) is 11.4 Å². The molecule has 12 heteroatoms. The van der Waals surface area contributed by atoms with E-state index in [1.807, 2.05) is 4.90 Å². The summed E-state index contributed by atoms with van der Waals surface area (Å²) in [4.78, 5) is 22.4. The van der Waals surface area contributed by atoms with E-state index in [1.54, 1.807) is 34.8 Å². The van der Waals surface area contributed by atoms with Crippen LogP contribution in [0.4, 0.5) is 18.0 Å². The Balaban J connectivity index is 1.78. The maximum atomic E-state index is 13.8. The van der Waals surface area contributed by atoms with E-state index in [0.29, 0.717) is 38.2 Å². The fourth-order valence-corrected chi connectivity index (χ4v) is 3.93. The van der Waals surface area contributed by atoms with E-state index in [1.165, 1.54) is 12.1 Å². The first kappa shape index (κ1) is 28.4. The van der Waals surface area contributed by atoms with Crippen molar-refractivity contribution < 1.29 is 36.7 Å². The number of halogens is 3. The number of amidine groups is 1. The van der Waals surface area contributed by atoms with Gasteiger partial charge in [-0.25, -0.2) is 4.79 Å². The number of carbonyl (C=O) groups excluding carboxylic acids is 1. The number of benzene rings is 1. The van der Waals surface area contributed by atoms with Crippen LogP contribution in [0.15, 0.2) is 27.7 Å². The second-order valence-corrected chi connectivity index (χ2v) is 9.70. The Hall–Kier alpha value is -3.15. The summed E-state index contributed by atoms with van der Waals surface area (Å²) in [6, 6.07) is 3.34. The largest absolute Gasteiger partial charge is 0.493 e. The molecule has 1 amide bonds. The quantitative estimate of drug-likeness (QED) is 0.233. The van der Waals surface area contributed by atoms with Gasteiger partial charge in [-0.15, -0.1) is 0 Å². The molecule has 0 N–H and O–H groups in total. The minimum atomic E-state index is -4.62. The molecule has 37 heavy (non-hydrogen) atoms. The molecular weight excluding hydrogens is 493 g/mol. The first-order chi connectivity index (χ1) is 17.4. The van der Waals surface area contributed by atoms with Crippen molar-refractivity contribution in [3.8, 4) is 17.1 Å². The van der Waals surface area contributed by atoms with Crippen LogP contribution in [0.2, 0.25) is 0 Å². The molecule has 3 rings (SSSR count). The highest BCUT2D eigenvalue weighted by Gasteiger charge is 2.36. The molecule has 0 spiro atoms. The number of hydrogen-bond donors (Lipinski definition) is 0. The predicted molar refractivity (Wildman–Crippen MR) is 129 cm³/mol. The first-order valence-electron chi connectivity index (χ1n) is 12.1. The van der Waals surface area contributed by atoms with E-state index >= 15 is 0 Å². The molecule has 1 aliphatic rings. The number of likely N-dealkylation sites (tertiary alicyclic amines) is 1. The maximum Gasteiger partial charge on any atom is 0.435 e. The highest BCUT2D eigenvalue weighted by molar-refractivity contribution is 5.90. The van der Waals surface area contributed by atoms with Gasteiger partial charge in [-0.1, -0.05) is 5.16 Å². The third-order valence-corrected chi connectivity index (χ3v) is 5.59. The number of carbonyl (C=O) groups is 1. The zero-order valence-electron chi connectivity index (χ0n) is 21.7. The van der Waals surface area contributed by atoms with Crippen LogP contribution >= 0.6 is 0 Å². The lowest BCUT2D eigenvalue weighted by molar-refractivity contribution is -0.138. The summed E-state index contributed by atoms with van der Waals surface area (Å²) in [6.07, 6.45) is -2.63. The van der Waals surface area contributed by atoms with Gasteiger partial charge in [0.05, 0.1) is 12.2 Å². The molecule has 0 aliphatic carbocycles. The lowest BCUT2D eigenvalue weighted by Gasteiger charge is -2.24. The highest BCUT2D eigenvalue weighted by atomic mass is 19.4. The zero-order chi connectivity index (χ0) is 27.2. The van der Waals surface area contributed by atoms with Crippen molar-refractivity contribution >= 4 is 11.9 Å². The second kappa shape index (κ2) is 11.9. The summed E-state index contributed by atoms with van der Waals surface area (Å²) in [5.74, 6) is 0.440. The Labute approximate surface area is 214 Å². The normalized spacial score (nSPS) is 16.8. The number of unbranched alkanes of at least 4 members (excludes halogenated alkanes) is 1.